The van der Waals surface area contributed by atoms with E-state index in [-0.39, 0.29) is 5.69 Å². The van der Waals surface area contributed by atoms with Crippen LogP contribution in [-0.4, -0.2) is 25.2 Å². The summed E-state index contributed by atoms with van der Waals surface area (Å²) in [5.41, 5.74) is 1.25. The first-order chi connectivity index (χ1) is 9.45. The molecule has 1 fully saturated rings. The van der Waals surface area contributed by atoms with Crippen molar-refractivity contribution in [3.8, 4) is 0 Å². The monoisotopic (exact) mass is 286 g/mol. The topological polar surface area (TPSA) is 41.1 Å². The van der Waals surface area contributed by atoms with Gasteiger partial charge in [-0.1, -0.05) is 12.1 Å². The third-order valence-corrected chi connectivity index (χ3v) is 3.45. The number of piperidine rings is 1. The number of rotatable bonds is 3. The molecular weight excluding hydrogens is 269 g/mol. The quantitative estimate of drug-likeness (QED) is 0.897. The molecule has 1 aromatic carbocycles. The van der Waals surface area contributed by atoms with Crippen LogP contribution in [0.25, 0.3) is 0 Å². The predicted octanol–water partition coefficient (Wildman–Crippen LogP) is 2.73. The molecule has 1 amide bonds. The van der Waals surface area contributed by atoms with Gasteiger partial charge >= 0.3 is 12.1 Å². The third-order valence-electron chi connectivity index (χ3n) is 3.45. The molecule has 0 atom stereocenters. The highest BCUT2D eigenvalue weighted by atomic mass is 19.4. The van der Waals surface area contributed by atoms with Crippen LogP contribution in [-0.2, 0) is 11.2 Å². The Labute approximate surface area is 115 Å². The third kappa shape index (κ3) is 4.23. The molecule has 2 N–H and O–H groups in total. The van der Waals surface area contributed by atoms with E-state index < -0.39 is 12.1 Å². The molecule has 2 rings (SSSR count). The Kier molecular flexibility index (Phi) is 4.65. The van der Waals surface area contributed by atoms with Crippen LogP contribution in [0.1, 0.15) is 18.4 Å². The molecule has 0 aliphatic carbocycles. The minimum atomic E-state index is -4.85. The predicted molar refractivity (Wildman–Crippen MR) is 70.4 cm³/mol. The first-order valence-corrected chi connectivity index (χ1v) is 6.63. The van der Waals surface area contributed by atoms with Gasteiger partial charge < -0.3 is 10.6 Å². The molecule has 1 heterocycles. The fraction of sp³-hybridized carbons (Fsp3) is 0.500. The minimum Gasteiger partial charge on any atom is -0.318 e. The van der Waals surface area contributed by atoms with Crippen molar-refractivity contribution in [3.05, 3.63) is 29.8 Å². The smallest absolute Gasteiger partial charge is 0.318 e. The maximum Gasteiger partial charge on any atom is 0.471 e. The summed E-state index contributed by atoms with van der Waals surface area (Å²) in [5.74, 6) is -1.32. The summed E-state index contributed by atoms with van der Waals surface area (Å²) < 4.78 is 36.3. The normalized spacial score (nSPS) is 16.9. The average molecular weight is 286 g/mol. The van der Waals surface area contributed by atoms with Crippen LogP contribution < -0.4 is 10.6 Å². The standard InChI is InChI=1S/C14H17F3N2O/c15-14(16,17)13(20)19-12-3-1-10(2-4-12)9-11-5-7-18-8-6-11/h1-4,11,18H,5-9H2,(H,19,20). The Morgan fingerprint density at radius 2 is 1.80 bits per heavy atom. The van der Waals surface area contributed by atoms with Crippen molar-refractivity contribution in [2.24, 2.45) is 5.92 Å². The lowest BCUT2D eigenvalue weighted by Gasteiger charge is -2.22. The number of hydrogen-bond acceptors (Lipinski definition) is 2. The summed E-state index contributed by atoms with van der Waals surface area (Å²) in [6.07, 6.45) is -1.69. The molecule has 1 aliphatic rings. The van der Waals surface area contributed by atoms with Gasteiger partial charge in [0.05, 0.1) is 0 Å². The van der Waals surface area contributed by atoms with E-state index in [2.05, 4.69) is 5.32 Å². The van der Waals surface area contributed by atoms with Crippen LogP contribution >= 0.6 is 0 Å². The molecule has 1 aromatic rings. The van der Waals surface area contributed by atoms with Gasteiger partial charge in [0.2, 0.25) is 0 Å². The molecule has 3 nitrogen and oxygen atoms in total. The molecule has 0 bridgehead atoms. The lowest BCUT2D eigenvalue weighted by atomic mass is 9.91. The van der Waals surface area contributed by atoms with Crippen LogP contribution in [0.3, 0.4) is 0 Å². The zero-order valence-electron chi connectivity index (χ0n) is 11.0. The molecule has 1 aliphatic heterocycles. The molecule has 6 heteroatoms. The highest BCUT2D eigenvalue weighted by Crippen LogP contribution is 2.21. The van der Waals surface area contributed by atoms with Gasteiger partial charge in [-0.2, -0.15) is 13.2 Å². The lowest BCUT2D eigenvalue weighted by Crippen LogP contribution is -2.30. The van der Waals surface area contributed by atoms with E-state index in [4.69, 9.17) is 0 Å². The van der Waals surface area contributed by atoms with Crippen molar-refractivity contribution in [2.45, 2.75) is 25.4 Å². The molecule has 0 unspecified atom stereocenters. The number of nitrogens with one attached hydrogen (secondary N) is 2. The van der Waals surface area contributed by atoms with E-state index in [0.717, 1.165) is 37.9 Å². The van der Waals surface area contributed by atoms with Gasteiger partial charge in [-0.15, -0.1) is 0 Å². The summed E-state index contributed by atoms with van der Waals surface area (Å²) in [7, 11) is 0. The van der Waals surface area contributed by atoms with E-state index in [9.17, 15) is 18.0 Å². The maximum absolute atomic E-state index is 12.1. The van der Waals surface area contributed by atoms with Gasteiger partial charge in [0.1, 0.15) is 0 Å². The maximum atomic E-state index is 12.1. The van der Waals surface area contributed by atoms with Crippen molar-refractivity contribution < 1.29 is 18.0 Å². The van der Waals surface area contributed by atoms with Gasteiger partial charge in [0.25, 0.3) is 0 Å². The molecule has 0 radical (unpaired) electrons. The van der Waals surface area contributed by atoms with Crippen molar-refractivity contribution in [1.29, 1.82) is 0 Å². The number of anilines is 1. The Hall–Kier alpha value is -1.56. The highest BCUT2D eigenvalue weighted by molar-refractivity contribution is 5.94. The molecule has 110 valence electrons. The van der Waals surface area contributed by atoms with E-state index in [1.807, 2.05) is 5.32 Å². The SMILES string of the molecule is O=C(Nc1ccc(CC2CCNCC2)cc1)C(F)(F)F. The zero-order valence-corrected chi connectivity index (χ0v) is 11.0. The number of hydrogen-bond donors (Lipinski definition) is 2. The zero-order chi connectivity index (χ0) is 14.6. The summed E-state index contributed by atoms with van der Waals surface area (Å²) in [4.78, 5) is 10.8. The van der Waals surface area contributed by atoms with E-state index in [1.165, 1.54) is 12.1 Å². The molecule has 0 saturated carbocycles. The first kappa shape index (κ1) is 14.8. The van der Waals surface area contributed by atoms with Gasteiger partial charge in [0.15, 0.2) is 0 Å². The Morgan fingerprint density at radius 1 is 1.20 bits per heavy atom. The second-order valence-corrected chi connectivity index (χ2v) is 5.05. The molecule has 20 heavy (non-hydrogen) atoms. The van der Waals surface area contributed by atoms with Crippen molar-refractivity contribution in [1.82, 2.24) is 5.32 Å². The number of alkyl halides is 3. The van der Waals surface area contributed by atoms with E-state index in [0.29, 0.717) is 5.92 Å². The summed E-state index contributed by atoms with van der Waals surface area (Å²) in [5, 5.41) is 5.13. The second-order valence-electron chi connectivity index (χ2n) is 5.05. The number of carbonyl (C=O) groups excluding carboxylic acids is 1. The highest BCUT2D eigenvalue weighted by Gasteiger charge is 2.38. The van der Waals surface area contributed by atoms with Gasteiger partial charge in [-0.25, -0.2) is 0 Å². The fourth-order valence-electron chi connectivity index (χ4n) is 2.35. The Morgan fingerprint density at radius 3 is 2.35 bits per heavy atom. The number of carbonyl (C=O) groups is 1. The van der Waals surface area contributed by atoms with Crippen LogP contribution in [0, 0.1) is 5.92 Å². The van der Waals surface area contributed by atoms with Crippen LogP contribution in [0.4, 0.5) is 18.9 Å². The summed E-state index contributed by atoms with van der Waals surface area (Å²) in [6, 6.07) is 6.57. The average Bonchev–Trinajstić information content (AvgIpc) is 2.41. The number of benzene rings is 1. The number of amides is 1. The number of halogens is 3. The largest absolute Gasteiger partial charge is 0.471 e. The first-order valence-electron chi connectivity index (χ1n) is 6.63. The van der Waals surface area contributed by atoms with Crippen molar-refractivity contribution in [2.75, 3.05) is 18.4 Å². The second kappa shape index (κ2) is 6.26. The van der Waals surface area contributed by atoms with Crippen molar-refractivity contribution in [3.63, 3.8) is 0 Å². The minimum absolute atomic E-state index is 0.168. The van der Waals surface area contributed by atoms with E-state index >= 15 is 0 Å². The molecule has 0 aromatic heterocycles. The fourth-order valence-corrected chi connectivity index (χ4v) is 2.35. The summed E-state index contributed by atoms with van der Waals surface area (Å²) in [6.45, 7) is 2.04. The molecular formula is C14H17F3N2O. The van der Waals surface area contributed by atoms with Gasteiger partial charge in [0, 0.05) is 5.69 Å². The molecule has 0 spiro atoms. The Bertz CT molecular complexity index is 450. The van der Waals surface area contributed by atoms with Gasteiger partial charge in [-0.3, -0.25) is 4.79 Å². The van der Waals surface area contributed by atoms with Crippen LogP contribution in [0.5, 0.6) is 0 Å². The lowest BCUT2D eigenvalue weighted by molar-refractivity contribution is -0.167. The van der Waals surface area contributed by atoms with Crippen molar-refractivity contribution >= 4 is 11.6 Å². The molecule has 1 saturated heterocycles. The van der Waals surface area contributed by atoms with Gasteiger partial charge in [-0.05, 0) is 56.0 Å². The van der Waals surface area contributed by atoms with Crippen LogP contribution in [0.15, 0.2) is 24.3 Å². The van der Waals surface area contributed by atoms with Crippen LogP contribution in [0.2, 0.25) is 0 Å². The van der Waals surface area contributed by atoms with E-state index in [1.54, 1.807) is 12.1 Å². The summed E-state index contributed by atoms with van der Waals surface area (Å²) >= 11 is 0. The Balaban J connectivity index is 1.91.